The summed E-state index contributed by atoms with van der Waals surface area (Å²) in [6.07, 6.45) is 9.43. The number of halogens is 1. The third-order valence-corrected chi connectivity index (χ3v) is 6.56. The lowest BCUT2D eigenvalue weighted by Gasteiger charge is -2.35. The summed E-state index contributed by atoms with van der Waals surface area (Å²) in [5.74, 6) is 0. The van der Waals surface area contributed by atoms with Crippen molar-refractivity contribution in [2.75, 3.05) is 52.4 Å². The van der Waals surface area contributed by atoms with E-state index in [4.69, 9.17) is 11.6 Å². The van der Waals surface area contributed by atoms with Gasteiger partial charge in [0, 0.05) is 44.3 Å². The van der Waals surface area contributed by atoms with E-state index in [1.54, 1.807) is 0 Å². The molecule has 1 heterocycles. The number of rotatable bonds is 14. The maximum Gasteiger partial charge on any atom is 0.278 e. The van der Waals surface area contributed by atoms with Gasteiger partial charge in [-0.15, -0.1) is 0 Å². The zero-order chi connectivity index (χ0) is 21.6. The minimum atomic E-state index is -0.0741. The maximum absolute atomic E-state index is 11.7. The molecule has 1 aliphatic rings. The normalized spacial score (nSPS) is 15.4. The first kappa shape index (κ1) is 25.5. The second-order valence-corrected chi connectivity index (χ2v) is 9.27. The van der Waals surface area contributed by atoms with E-state index in [9.17, 15) is 4.79 Å². The fourth-order valence-corrected chi connectivity index (χ4v) is 4.40. The van der Waals surface area contributed by atoms with Gasteiger partial charge < -0.3 is 14.7 Å². The van der Waals surface area contributed by atoms with Gasteiger partial charge in [0.1, 0.15) is 0 Å². The number of nitrogens with zero attached hydrogens (tertiary/aromatic N) is 3. The van der Waals surface area contributed by atoms with Gasteiger partial charge in [0.25, 0.3) is 5.24 Å². The quantitative estimate of drug-likeness (QED) is 0.293. The second kappa shape index (κ2) is 15.1. The van der Waals surface area contributed by atoms with Crippen LogP contribution in [0.4, 0.5) is 4.79 Å². The largest absolute Gasteiger partial charge is 0.334 e. The first-order chi connectivity index (χ1) is 14.6. The van der Waals surface area contributed by atoms with Gasteiger partial charge in [0.2, 0.25) is 0 Å². The lowest BCUT2D eigenvalue weighted by molar-refractivity contribution is 0.127. The Bertz CT molecular complexity index is 591. The predicted molar refractivity (Wildman–Crippen MR) is 132 cm³/mol. The lowest BCUT2D eigenvalue weighted by atomic mass is 10.1. The number of benzene rings is 1. The molecule has 0 radical (unpaired) electrons. The van der Waals surface area contributed by atoms with Gasteiger partial charge in [0.05, 0.1) is 0 Å². The summed E-state index contributed by atoms with van der Waals surface area (Å²) in [4.78, 5) is 18.8. The van der Waals surface area contributed by atoms with Gasteiger partial charge >= 0.3 is 0 Å². The zero-order valence-corrected chi connectivity index (χ0v) is 20.3. The van der Waals surface area contributed by atoms with E-state index in [1.807, 2.05) is 17.0 Å². The minimum Gasteiger partial charge on any atom is -0.334 e. The number of unbranched alkanes of at least 4 members (excludes halogenated alkanes) is 4. The molecule has 2 rings (SSSR count). The number of carbonyl (C=O) groups is 1. The number of piperazine rings is 1. The van der Waals surface area contributed by atoms with Crippen molar-refractivity contribution in [1.29, 1.82) is 0 Å². The van der Waals surface area contributed by atoms with E-state index in [0.717, 1.165) is 70.1 Å². The van der Waals surface area contributed by atoms with Crippen molar-refractivity contribution < 1.29 is 4.79 Å². The van der Waals surface area contributed by atoms with Crippen molar-refractivity contribution >= 4 is 29.5 Å². The topological polar surface area (TPSA) is 26.8 Å². The van der Waals surface area contributed by atoms with Crippen molar-refractivity contribution in [3.8, 4) is 0 Å². The summed E-state index contributed by atoms with van der Waals surface area (Å²) in [5.41, 5.74) is 1.38. The zero-order valence-electron chi connectivity index (χ0n) is 18.7. The van der Waals surface area contributed by atoms with E-state index in [-0.39, 0.29) is 5.24 Å². The second-order valence-electron chi connectivity index (χ2n) is 8.45. The SMILES string of the molecule is CCCCCCN(CCCN1CCN(CCCCc2ccc(Cl)cc2)CC1)C(=O)S. The lowest BCUT2D eigenvalue weighted by Crippen LogP contribution is -2.47. The first-order valence-corrected chi connectivity index (χ1v) is 12.6. The number of aryl methyl sites for hydroxylation is 1. The Labute approximate surface area is 194 Å². The molecule has 0 aromatic heterocycles. The van der Waals surface area contributed by atoms with E-state index in [2.05, 4.69) is 41.5 Å². The molecular weight excluding hydrogens is 414 g/mol. The number of hydrogen-bond acceptors (Lipinski definition) is 3. The Morgan fingerprint density at radius 2 is 1.50 bits per heavy atom. The molecule has 1 fully saturated rings. The highest BCUT2D eigenvalue weighted by Crippen LogP contribution is 2.12. The number of thiol groups is 1. The average molecular weight is 454 g/mol. The van der Waals surface area contributed by atoms with Crippen molar-refractivity contribution in [2.24, 2.45) is 0 Å². The van der Waals surface area contributed by atoms with E-state index < -0.39 is 0 Å². The molecule has 1 aromatic carbocycles. The smallest absolute Gasteiger partial charge is 0.278 e. The molecule has 1 aliphatic heterocycles. The molecule has 0 unspecified atom stereocenters. The van der Waals surface area contributed by atoms with Crippen LogP contribution in [0.2, 0.25) is 5.02 Å². The Morgan fingerprint density at radius 1 is 0.900 bits per heavy atom. The molecule has 0 saturated carbocycles. The number of amides is 1. The van der Waals surface area contributed by atoms with Crippen LogP contribution in [0.5, 0.6) is 0 Å². The van der Waals surface area contributed by atoms with Gasteiger partial charge in [-0.25, -0.2) is 0 Å². The summed E-state index contributed by atoms with van der Waals surface area (Å²) in [5, 5.41) is 0.739. The van der Waals surface area contributed by atoms with Gasteiger partial charge in [-0.05, 0) is 62.9 Å². The molecule has 0 aliphatic carbocycles. The summed E-state index contributed by atoms with van der Waals surface area (Å²) < 4.78 is 0. The summed E-state index contributed by atoms with van der Waals surface area (Å²) >= 11 is 10.0. The molecule has 1 amide bonds. The van der Waals surface area contributed by atoms with Crippen LogP contribution in [0.15, 0.2) is 24.3 Å². The first-order valence-electron chi connectivity index (χ1n) is 11.8. The van der Waals surface area contributed by atoms with Crippen LogP contribution < -0.4 is 0 Å². The Hall–Kier alpha value is -0.750. The van der Waals surface area contributed by atoms with Gasteiger partial charge in [-0.1, -0.05) is 62.5 Å². The fraction of sp³-hybridized carbons (Fsp3) is 0.708. The van der Waals surface area contributed by atoms with Crippen LogP contribution in [-0.2, 0) is 6.42 Å². The standard InChI is InChI=1S/C24H40ClN3OS/c1-2-3-4-6-16-28(24(29)30)17-8-15-27-20-18-26(19-21-27)14-7-5-9-22-10-12-23(25)13-11-22/h10-13H,2-9,14-21H2,1H3,(H,29,30). The van der Waals surface area contributed by atoms with Crippen LogP contribution in [0.1, 0.15) is 57.4 Å². The van der Waals surface area contributed by atoms with Gasteiger partial charge in [-0.3, -0.25) is 4.79 Å². The summed E-state index contributed by atoms with van der Waals surface area (Å²) in [6.45, 7) is 10.8. The van der Waals surface area contributed by atoms with Crippen molar-refractivity contribution in [2.45, 2.75) is 58.3 Å². The predicted octanol–water partition coefficient (Wildman–Crippen LogP) is 5.60. The van der Waals surface area contributed by atoms with Crippen LogP contribution in [0.25, 0.3) is 0 Å². The molecule has 1 aromatic rings. The van der Waals surface area contributed by atoms with E-state index in [0.29, 0.717) is 0 Å². The minimum absolute atomic E-state index is 0.0741. The molecule has 30 heavy (non-hydrogen) atoms. The van der Waals surface area contributed by atoms with Crippen LogP contribution in [0.3, 0.4) is 0 Å². The third kappa shape index (κ3) is 10.5. The van der Waals surface area contributed by atoms with E-state index in [1.165, 1.54) is 44.2 Å². The highest BCUT2D eigenvalue weighted by molar-refractivity contribution is 7.96. The Morgan fingerprint density at radius 3 is 2.10 bits per heavy atom. The van der Waals surface area contributed by atoms with Crippen LogP contribution >= 0.6 is 24.2 Å². The Balaban J connectivity index is 1.52. The molecule has 1 saturated heterocycles. The molecule has 6 heteroatoms. The van der Waals surface area contributed by atoms with Crippen molar-refractivity contribution in [3.63, 3.8) is 0 Å². The molecule has 170 valence electrons. The van der Waals surface area contributed by atoms with Crippen molar-refractivity contribution in [1.82, 2.24) is 14.7 Å². The highest BCUT2D eigenvalue weighted by Gasteiger charge is 2.17. The summed E-state index contributed by atoms with van der Waals surface area (Å²) in [7, 11) is 0. The van der Waals surface area contributed by atoms with Crippen molar-refractivity contribution in [3.05, 3.63) is 34.9 Å². The maximum atomic E-state index is 11.7. The Kier molecular flexibility index (Phi) is 12.9. The highest BCUT2D eigenvalue weighted by atomic mass is 35.5. The van der Waals surface area contributed by atoms with E-state index >= 15 is 0 Å². The molecule has 0 bridgehead atoms. The molecule has 0 spiro atoms. The van der Waals surface area contributed by atoms with Crippen LogP contribution in [0, 0.1) is 0 Å². The number of hydrogen-bond donors (Lipinski definition) is 1. The molecular formula is C24H40ClN3OS. The average Bonchev–Trinajstić information content (AvgIpc) is 2.75. The summed E-state index contributed by atoms with van der Waals surface area (Å²) in [6, 6.07) is 8.23. The van der Waals surface area contributed by atoms with Crippen LogP contribution in [-0.4, -0.2) is 72.3 Å². The third-order valence-electron chi connectivity index (χ3n) is 6.02. The van der Waals surface area contributed by atoms with Gasteiger partial charge in [0.15, 0.2) is 0 Å². The molecule has 4 nitrogen and oxygen atoms in total. The monoisotopic (exact) mass is 453 g/mol. The van der Waals surface area contributed by atoms with Gasteiger partial charge in [-0.2, -0.15) is 0 Å². The fourth-order valence-electron chi connectivity index (χ4n) is 4.07. The molecule has 0 N–H and O–H groups in total. The number of carbonyl (C=O) groups excluding carboxylic acids is 1. The molecule has 0 atom stereocenters.